The maximum Gasteiger partial charge on any atom is 0.270 e. The fraction of sp³-hybridized carbons (Fsp3) is 0.333. The largest absolute Gasteiger partial charge is 0.398 e. The van der Waals surface area contributed by atoms with E-state index in [2.05, 4.69) is 10.3 Å². The number of rotatable bonds is 2. The molecule has 1 aromatic heterocycles. The van der Waals surface area contributed by atoms with Crippen LogP contribution in [0.2, 0.25) is 0 Å². The Morgan fingerprint density at radius 2 is 2.05 bits per heavy atom. The Morgan fingerprint density at radius 3 is 2.84 bits per heavy atom. The van der Waals surface area contributed by atoms with Crippen molar-refractivity contribution in [2.45, 2.75) is 31.7 Å². The lowest BCUT2D eigenvalue weighted by Crippen LogP contribution is -2.33. The third-order valence-corrected chi connectivity index (χ3v) is 3.73. The Kier molecular flexibility index (Phi) is 3.07. The highest BCUT2D eigenvalue weighted by atomic mass is 16.1. The summed E-state index contributed by atoms with van der Waals surface area (Å²) in [6.45, 7) is 0. The van der Waals surface area contributed by atoms with E-state index in [0.29, 0.717) is 11.4 Å². The van der Waals surface area contributed by atoms with E-state index in [-0.39, 0.29) is 11.9 Å². The zero-order chi connectivity index (χ0) is 13.2. The highest BCUT2D eigenvalue weighted by Gasteiger charge is 2.20. The lowest BCUT2D eigenvalue weighted by Gasteiger charge is -2.13. The average molecular weight is 255 g/mol. The minimum Gasteiger partial charge on any atom is -0.398 e. The van der Waals surface area contributed by atoms with E-state index in [0.717, 1.165) is 23.6 Å². The minimum atomic E-state index is -0.115. The van der Waals surface area contributed by atoms with Crippen LogP contribution in [0.4, 0.5) is 5.69 Å². The molecule has 0 bridgehead atoms. The first-order valence-electron chi connectivity index (χ1n) is 6.70. The Hall–Kier alpha value is -2.10. The van der Waals surface area contributed by atoms with Gasteiger partial charge in [0, 0.05) is 23.3 Å². The quantitative estimate of drug-likeness (QED) is 0.810. The van der Waals surface area contributed by atoms with Crippen LogP contribution in [0.3, 0.4) is 0 Å². The smallest absolute Gasteiger partial charge is 0.270 e. The third kappa shape index (κ3) is 2.26. The van der Waals surface area contributed by atoms with Crippen LogP contribution in [0, 0.1) is 0 Å². The van der Waals surface area contributed by atoms with Crippen LogP contribution in [-0.4, -0.2) is 16.9 Å². The van der Waals surface area contributed by atoms with Gasteiger partial charge in [-0.2, -0.15) is 0 Å². The van der Waals surface area contributed by atoms with Crippen molar-refractivity contribution in [2.75, 3.05) is 5.73 Å². The second-order valence-electron chi connectivity index (χ2n) is 5.06. The molecule has 0 radical (unpaired) electrons. The number of benzene rings is 1. The van der Waals surface area contributed by atoms with Gasteiger partial charge in [0.25, 0.3) is 5.91 Å². The average Bonchev–Trinajstić information content (AvgIpc) is 2.91. The van der Waals surface area contributed by atoms with Crippen LogP contribution >= 0.6 is 0 Å². The SMILES string of the molecule is Nc1cccc2ccnc(C(=O)NC3CCCC3)c12. The van der Waals surface area contributed by atoms with E-state index < -0.39 is 0 Å². The summed E-state index contributed by atoms with van der Waals surface area (Å²) in [5.41, 5.74) is 7.02. The number of fused-ring (bicyclic) bond motifs is 1. The summed E-state index contributed by atoms with van der Waals surface area (Å²) >= 11 is 0. The van der Waals surface area contributed by atoms with Gasteiger partial charge in [0.15, 0.2) is 0 Å². The summed E-state index contributed by atoms with van der Waals surface area (Å²) in [7, 11) is 0. The standard InChI is InChI=1S/C15H17N3O/c16-12-7-3-4-10-8-9-17-14(13(10)12)15(19)18-11-5-1-2-6-11/h3-4,7-9,11H,1-2,5-6,16H2,(H,18,19). The van der Waals surface area contributed by atoms with Gasteiger partial charge in [0.2, 0.25) is 0 Å². The third-order valence-electron chi connectivity index (χ3n) is 3.73. The number of pyridine rings is 1. The summed E-state index contributed by atoms with van der Waals surface area (Å²) in [4.78, 5) is 16.6. The second-order valence-corrected chi connectivity index (χ2v) is 5.06. The van der Waals surface area contributed by atoms with E-state index in [4.69, 9.17) is 5.73 Å². The number of carbonyl (C=O) groups is 1. The minimum absolute atomic E-state index is 0.115. The number of nitrogen functional groups attached to an aromatic ring is 1. The number of aromatic nitrogens is 1. The predicted octanol–water partition coefficient (Wildman–Crippen LogP) is 2.49. The monoisotopic (exact) mass is 255 g/mol. The van der Waals surface area contributed by atoms with Crippen molar-refractivity contribution in [3.8, 4) is 0 Å². The molecule has 1 amide bonds. The summed E-state index contributed by atoms with van der Waals surface area (Å²) in [6, 6.07) is 7.79. The fourth-order valence-corrected chi connectivity index (χ4v) is 2.75. The van der Waals surface area contributed by atoms with Crippen LogP contribution in [-0.2, 0) is 0 Å². The molecule has 3 rings (SSSR count). The molecule has 0 atom stereocenters. The molecule has 1 aromatic carbocycles. The maximum atomic E-state index is 12.3. The highest BCUT2D eigenvalue weighted by Crippen LogP contribution is 2.24. The van der Waals surface area contributed by atoms with Crippen LogP contribution in [0.15, 0.2) is 30.5 Å². The van der Waals surface area contributed by atoms with Crippen molar-refractivity contribution < 1.29 is 4.79 Å². The van der Waals surface area contributed by atoms with Crippen LogP contribution in [0.5, 0.6) is 0 Å². The first-order chi connectivity index (χ1) is 9.25. The highest BCUT2D eigenvalue weighted by molar-refractivity contribution is 6.09. The van der Waals surface area contributed by atoms with E-state index in [1.54, 1.807) is 12.3 Å². The lowest BCUT2D eigenvalue weighted by molar-refractivity contribution is 0.0934. The van der Waals surface area contributed by atoms with Crippen molar-refractivity contribution in [1.82, 2.24) is 10.3 Å². The molecular formula is C15H17N3O. The number of carbonyl (C=O) groups excluding carboxylic acids is 1. The van der Waals surface area contributed by atoms with Crippen LogP contribution < -0.4 is 11.1 Å². The Morgan fingerprint density at radius 1 is 1.26 bits per heavy atom. The van der Waals surface area contributed by atoms with Crippen molar-refractivity contribution in [2.24, 2.45) is 0 Å². The number of nitrogens with two attached hydrogens (primary N) is 1. The van der Waals surface area contributed by atoms with Crippen molar-refractivity contribution >= 4 is 22.4 Å². The number of hydrogen-bond donors (Lipinski definition) is 2. The van der Waals surface area contributed by atoms with Gasteiger partial charge in [0.05, 0.1) is 0 Å². The summed E-state index contributed by atoms with van der Waals surface area (Å²) in [6.07, 6.45) is 6.16. The number of hydrogen-bond acceptors (Lipinski definition) is 3. The van der Waals surface area contributed by atoms with Gasteiger partial charge in [-0.3, -0.25) is 9.78 Å². The molecule has 4 nitrogen and oxygen atoms in total. The lowest BCUT2D eigenvalue weighted by atomic mass is 10.1. The zero-order valence-electron chi connectivity index (χ0n) is 10.7. The van der Waals surface area contributed by atoms with Crippen molar-refractivity contribution in [1.29, 1.82) is 0 Å². The van der Waals surface area contributed by atoms with E-state index in [1.165, 1.54) is 12.8 Å². The van der Waals surface area contributed by atoms with Crippen LogP contribution in [0.1, 0.15) is 36.2 Å². The Bertz CT molecular complexity index is 613. The molecule has 1 fully saturated rings. The molecule has 0 saturated heterocycles. The molecule has 0 spiro atoms. The van der Waals surface area contributed by atoms with Gasteiger partial charge >= 0.3 is 0 Å². The molecule has 3 N–H and O–H groups in total. The summed E-state index contributed by atoms with van der Waals surface area (Å²) in [5.74, 6) is -0.115. The van der Waals surface area contributed by atoms with Crippen molar-refractivity contribution in [3.05, 3.63) is 36.2 Å². The summed E-state index contributed by atoms with van der Waals surface area (Å²) in [5, 5.41) is 4.76. The molecule has 19 heavy (non-hydrogen) atoms. The molecular weight excluding hydrogens is 238 g/mol. The van der Waals surface area contributed by atoms with E-state index >= 15 is 0 Å². The molecule has 0 aliphatic heterocycles. The Balaban J connectivity index is 1.97. The van der Waals surface area contributed by atoms with Crippen LogP contribution in [0.25, 0.3) is 10.8 Å². The van der Waals surface area contributed by atoms with Gasteiger partial charge in [0.1, 0.15) is 5.69 Å². The van der Waals surface area contributed by atoms with Gasteiger partial charge in [-0.15, -0.1) is 0 Å². The van der Waals surface area contributed by atoms with Gasteiger partial charge < -0.3 is 11.1 Å². The van der Waals surface area contributed by atoms with Crippen molar-refractivity contribution in [3.63, 3.8) is 0 Å². The molecule has 1 aliphatic rings. The van der Waals surface area contributed by atoms with Gasteiger partial charge in [-0.1, -0.05) is 25.0 Å². The van der Waals surface area contributed by atoms with Gasteiger partial charge in [-0.25, -0.2) is 0 Å². The van der Waals surface area contributed by atoms with Gasteiger partial charge in [-0.05, 0) is 30.4 Å². The fourth-order valence-electron chi connectivity index (χ4n) is 2.75. The number of nitrogens with zero attached hydrogens (tertiary/aromatic N) is 1. The second kappa shape index (κ2) is 4.88. The normalized spacial score (nSPS) is 15.8. The first kappa shape index (κ1) is 12.0. The van der Waals surface area contributed by atoms with E-state index in [1.807, 2.05) is 18.2 Å². The predicted molar refractivity (Wildman–Crippen MR) is 75.9 cm³/mol. The van der Waals surface area contributed by atoms with E-state index in [9.17, 15) is 4.79 Å². The topological polar surface area (TPSA) is 68.0 Å². The molecule has 2 aromatic rings. The zero-order valence-corrected chi connectivity index (χ0v) is 10.7. The number of anilines is 1. The number of amides is 1. The molecule has 0 unspecified atom stereocenters. The first-order valence-corrected chi connectivity index (χ1v) is 6.70. The maximum absolute atomic E-state index is 12.3. The summed E-state index contributed by atoms with van der Waals surface area (Å²) < 4.78 is 0. The molecule has 1 aliphatic carbocycles. The molecule has 1 saturated carbocycles. The Labute approximate surface area is 112 Å². The molecule has 4 heteroatoms. The number of nitrogens with one attached hydrogen (secondary N) is 1. The molecule has 1 heterocycles. The molecule has 98 valence electrons.